The van der Waals surface area contributed by atoms with E-state index in [1.165, 1.54) is 35.8 Å². The van der Waals surface area contributed by atoms with Gasteiger partial charge in [-0.15, -0.1) is 0 Å². The SMILES string of the molecule is CC1=CC(O/C=C2/C(=O)NC3c4c(cccc4C4CC4)CC23)OC1=O. The topological polar surface area (TPSA) is 64.6 Å². The molecule has 3 unspecified atom stereocenters. The van der Waals surface area contributed by atoms with Gasteiger partial charge in [-0.25, -0.2) is 4.79 Å². The van der Waals surface area contributed by atoms with E-state index in [1.807, 2.05) is 0 Å². The van der Waals surface area contributed by atoms with E-state index in [9.17, 15) is 9.59 Å². The number of nitrogens with one attached hydrogen (secondary N) is 1. The lowest BCUT2D eigenvalue weighted by Crippen LogP contribution is -2.20. The van der Waals surface area contributed by atoms with Gasteiger partial charge in [0.05, 0.1) is 17.9 Å². The van der Waals surface area contributed by atoms with E-state index in [4.69, 9.17) is 9.47 Å². The highest BCUT2D eigenvalue weighted by atomic mass is 16.7. The number of amides is 1. The predicted molar refractivity (Wildman–Crippen MR) is 89.3 cm³/mol. The highest BCUT2D eigenvalue weighted by Gasteiger charge is 2.46. The maximum Gasteiger partial charge on any atom is 0.336 e. The van der Waals surface area contributed by atoms with Crippen molar-refractivity contribution in [3.8, 4) is 0 Å². The van der Waals surface area contributed by atoms with Crippen LogP contribution in [0, 0.1) is 5.92 Å². The van der Waals surface area contributed by atoms with Crippen LogP contribution in [0.3, 0.4) is 0 Å². The zero-order valence-electron chi connectivity index (χ0n) is 14.0. The van der Waals surface area contributed by atoms with Crippen molar-refractivity contribution in [3.63, 3.8) is 0 Å². The molecule has 2 heterocycles. The van der Waals surface area contributed by atoms with Gasteiger partial charge in [-0.3, -0.25) is 4.79 Å². The van der Waals surface area contributed by atoms with Gasteiger partial charge < -0.3 is 14.8 Å². The minimum Gasteiger partial charge on any atom is -0.458 e. The molecule has 3 atom stereocenters. The van der Waals surface area contributed by atoms with Gasteiger partial charge in [0.2, 0.25) is 0 Å². The first kappa shape index (κ1) is 14.8. The summed E-state index contributed by atoms with van der Waals surface area (Å²) >= 11 is 0. The number of hydrogen-bond acceptors (Lipinski definition) is 4. The standard InChI is InChI=1S/C20H19NO4/c1-10-7-16(25-20(10)23)24-9-15-14-8-12-3-2-4-13(11-5-6-11)17(12)18(14)21-19(15)22/h2-4,7,9,11,14,16,18H,5-6,8H2,1H3,(H,21,22)/b15-9+. The lowest BCUT2D eigenvalue weighted by molar-refractivity contribution is -0.152. The Balaban J connectivity index is 1.41. The molecule has 1 aromatic rings. The number of fused-ring (bicyclic) bond motifs is 3. The van der Waals surface area contributed by atoms with Crippen molar-refractivity contribution in [2.45, 2.75) is 44.4 Å². The summed E-state index contributed by atoms with van der Waals surface area (Å²) in [4.78, 5) is 23.9. The summed E-state index contributed by atoms with van der Waals surface area (Å²) < 4.78 is 10.6. The smallest absolute Gasteiger partial charge is 0.336 e. The molecular weight excluding hydrogens is 318 g/mol. The van der Waals surface area contributed by atoms with Gasteiger partial charge in [-0.1, -0.05) is 18.2 Å². The summed E-state index contributed by atoms with van der Waals surface area (Å²) in [6, 6.07) is 6.53. The van der Waals surface area contributed by atoms with Crippen molar-refractivity contribution in [3.05, 3.63) is 58.4 Å². The molecule has 2 fully saturated rings. The fraction of sp³-hybridized carbons (Fsp3) is 0.400. The summed E-state index contributed by atoms with van der Waals surface area (Å²) in [7, 11) is 0. The molecule has 1 saturated carbocycles. The molecule has 5 heteroatoms. The molecule has 1 N–H and O–H groups in total. The number of carbonyl (C=O) groups is 2. The molecule has 5 nitrogen and oxygen atoms in total. The normalized spacial score (nSPS) is 31.5. The Morgan fingerprint density at radius 2 is 2.12 bits per heavy atom. The van der Waals surface area contributed by atoms with Gasteiger partial charge in [0.1, 0.15) is 0 Å². The molecule has 1 aromatic carbocycles. The number of esters is 1. The molecule has 5 rings (SSSR count). The molecule has 25 heavy (non-hydrogen) atoms. The number of carbonyl (C=O) groups excluding carboxylic acids is 2. The van der Waals surface area contributed by atoms with Gasteiger partial charge in [0.15, 0.2) is 0 Å². The van der Waals surface area contributed by atoms with Crippen LogP contribution in [-0.4, -0.2) is 18.2 Å². The van der Waals surface area contributed by atoms with Crippen molar-refractivity contribution in [1.82, 2.24) is 5.32 Å². The van der Waals surface area contributed by atoms with E-state index in [1.54, 1.807) is 13.0 Å². The number of rotatable bonds is 3. The first-order valence-electron chi connectivity index (χ1n) is 8.79. The Kier molecular flexibility index (Phi) is 3.08. The van der Waals surface area contributed by atoms with Crippen molar-refractivity contribution in [2.24, 2.45) is 5.92 Å². The van der Waals surface area contributed by atoms with Crippen molar-refractivity contribution >= 4 is 11.9 Å². The zero-order chi connectivity index (χ0) is 17.1. The Bertz CT molecular complexity index is 849. The Morgan fingerprint density at radius 3 is 2.84 bits per heavy atom. The Hall–Kier alpha value is -2.56. The third-order valence-corrected chi connectivity index (χ3v) is 5.61. The maximum atomic E-state index is 12.4. The van der Waals surface area contributed by atoms with Crippen LogP contribution < -0.4 is 5.32 Å². The van der Waals surface area contributed by atoms with Crippen LogP contribution in [-0.2, 0) is 25.5 Å². The summed E-state index contributed by atoms with van der Waals surface area (Å²) in [6.07, 6.45) is 5.69. The van der Waals surface area contributed by atoms with Crippen LogP contribution in [0.2, 0.25) is 0 Å². The first-order valence-corrected chi connectivity index (χ1v) is 8.79. The van der Waals surface area contributed by atoms with E-state index < -0.39 is 6.29 Å². The third-order valence-electron chi connectivity index (χ3n) is 5.61. The lowest BCUT2D eigenvalue weighted by Gasteiger charge is -2.14. The van der Waals surface area contributed by atoms with E-state index >= 15 is 0 Å². The highest BCUT2D eigenvalue weighted by molar-refractivity contribution is 5.97. The number of ether oxygens (including phenoxy) is 2. The van der Waals surface area contributed by atoms with Crippen molar-refractivity contribution < 1.29 is 19.1 Å². The van der Waals surface area contributed by atoms with Crippen LogP contribution in [0.25, 0.3) is 0 Å². The van der Waals surface area contributed by atoms with Crippen LogP contribution in [0.1, 0.15) is 48.4 Å². The third kappa shape index (κ3) is 2.29. The fourth-order valence-corrected chi connectivity index (χ4v) is 4.20. The van der Waals surface area contributed by atoms with Crippen molar-refractivity contribution in [2.75, 3.05) is 0 Å². The maximum absolute atomic E-state index is 12.4. The fourth-order valence-electron chi connectivity index (χ4n) is 4.20. The zero-order valence-corrected chi connectivity index (χ0v) is 14.0. The summed E-state index contributed by atoms with van der Waals surface area (Å²) in [6.45, 7) is 1.68. The molecule has 1 amide bonds. The second-order valence-corrected chi connectivity index (χ2v) is 7.29. The summed E-state index contributed by atoms with van der Waals surface area (Å²) in [5, 5.41) is 3.13. The molecule has 0 aromatic heterocycles. The molecule has 2 aliphatic carbocycles. The first-order chi connectivity index (χ1) is 12.1. The second-order valence-electron chi connectivity index (χ2n) is 7.29. The lowest BCUT2D eigenvalue weighted by atomic mass is 9.95. The predicted octanol–water partition coefficient (Wildman–Crippen LogP) is 2.64. The van der Waals surface area contributed by atoms with Crippen molar-refractivity contribution in [1.29, 1.82) is 0 Å². The second kappa shape index (κ2) is 5.22. The summed E-state index contributed by atoms with van der Waals surface area (Å²) in [5.74, 6) is 0.279. The van der Waals surface area contributed by atoms with E-state index in [-0.39, 0.29) is 23.8 Å². The van der Waals surface area contributed by atoms with Crippen LogP contribution >= 0.6 is 0 Å². The van der Waals surface area contributed by atoms with Gasteiger partial charge >= 0.3 is 5.97 Å². The Morgan fingerprint density at radius 1 is 1.28 bits per heavy atom. The number of cyclic esters (lactones) is 1. The van der Waals surface area contributed by atoms with E-state index in [0.29, 0.717) is 17.1 Å². The number of benzene rings is 1. The molecular formula is C20H19NO4. The molecule has 0 bridgehead atoms. The number of hydrogen-bond donors (Lipinski definition) is 1. The molecule has 0 spiro atoms. The van der Waals surface area contributed by atoms with Gasteiger partial charge in [0.25, 0.3) is 12.2 Å². The molecule has 2 aliphatic heterocycles. The Labute approximate surface area is 145 Å². The molecule has 0 radical (unpaired) electrons. The van der Waals surface area contributed by atoms with Gasteiger partial charge in [-0.2, -0.15) is 0 Å². The van der Waals surface area contributed by atoms with E-state index in [2.05, 4.69) is 23.5 Å². The van der Waals surface area contributed by atoms with Crippen LogP contribution in [0.15, 0.2) is 41.7 Å². The van der Waals surface area contributed by atoms with Crippen LogP contribution in [0.5, 0.6) is 0 Å². The molecule has 128 valence electrons. The quantitative estimate of drug-likeness (QED) is 0.523. The monoisotopic (exact) mass is 337 g/mol. The minimum absolute atomic E-state index is 0.0394. The molecule has 1 saturated heterocycles. The van der Waals surface area contributed by atoms with Gasteiger partial charge in [-0.05, 0) is 48.8 Å². The average molecular weight is 337 g/mol. The average Bonchev–Trinajstić information content (AvgIpc) is 3.22. The molecule has 4 aliphatic rings. The van der Waals surface area contributed by atoms with Crippen LogP contribution in [0.4, 0.5) is 0 Å². The largest absolute Gasteiger partial charge is 0.458 e. The summed E-state index contributed by atoms with van der Waals surface area (Å²) in [5.41, 5.74) is 5.20. The van der Waals surface area contributed by atoms with E-state index in [0.717, 1.165) is 6.42 Å². The van der Waals surface area contributed by atoms with Gasteiger partial charge in [0, 0.05) is 17.6 Å². The highest BCUT2D eigenvalue weighted by Crippen LogP contribution is 2.51. The minimum atomic E-state index is -0.738.